The SMILES string of the molecule is CCc1nc(-c2cccc3cccnc23)c(N)n1N. The molecular weight excluding hydrogens is 238 g/mol. The maximum atomic E-state index is 6.05. The van der Waals surface area contributed by atoms with E-state index in [9.17, 15) is 0 Å². The molecule has 5 nitrogen and oxygen atoms in total. The minimum atomic E-state index is 0.468. The summed E-state index contributed by atoms with van der Waals surface area (Å²) in [5.74, 6) is 7.14. The minimum Gasteiger partial charge on any atom is -0.382 e. The fourth-order valence-corrected chi connectivity index (χ4v) is 2.24. The number of nitrogen functional groups attached to an aromatic ring is 2. The number of imidazole rings is 1. The van der Waals surface area contributed by atoms with Gasteiger partial charge in [-0.2, -0.15) is 0 Å². The quantitative estimate of drug-likeness (QED) is 0.684. The van der Waals surface area contributed by atoms with Crippen LogP contribution in [0.5, 0.6) is 0 Å². The van der Waals surface area contributed by atoms with Gasteiger partial charge in [-0.05, 0) is 6.07 Å². The molecule has 2 heterocycles. The highest BCUT2D eigenvalue weighted by Gasteiger charge is 2.15. The Hall–Kier alpha value is -2.56. The lowest BCUT2D eigenvalue weighted by Gasteiger charge is -2.04. The number of rotatable bonds is 2. The Kier molecular flexibility index (Phi) is 2.59. The van der Waals surface area contributed by atoms with E-state index in [1.54, 1.807) is 6.20 Å². The number of aryl methyl sites for hydroxylation is 1. The van der Waals surface area contributed by atoms with Gasteiger partial charge < -0.3 is 11.6 Å². The van der Waals surface area contributed by atoms with E-state index in [0.29, 0.717) is 11.5 Å². The lowest BCUT2D eigenvalue weighted by Crippen LogP contribution is -2.14. The molecule has 0 spiro atoms. The first-order valence-corrected chi connectivity index (χ1v) is 6.18. The topological polar surface area (TPSA) is 82.8 Å². The summed E-state index contributed by atoms with van der Waals surface area (Å²) < 4.78 is 1.44. The van der Waals surface area contributed by atoms with Crippen LogP contribution in [0.3, 0.4) is 0 Å². The fourth-order valence-electron chi connectivity index (χ4n) is 2.24. The van der Waals surface area contributed by atoms with Crippen molar-refractivity contribution in [2.75, 3.05) is 11.6 Å². The normalized spacial score (nSPS) is 11.0. The molecule has 0 saturated carbocycles. The third kappa shape index (κ3) is 1.71. The van der Waals surface area contributed by atoms with E-state index >= 15 is 0 Å². The first kappa shape index (κ1) is 11.5. The number of nitrogens with zero attached hydrogens (tertiary/aromatic N) is 3. The lowest BCUT2D eigenvalue weighted by atomic mass is 10.1. The molecule has 0 amide bonds. The maximum Gasteiger partial charge on any atom is 0.150 e. The number of benzene rings is 1. The molecule has 0 aliphatic heterocycles. The smallest absolute Gasteiger partial charge is 0.150 e. The van der Waals surface area contributed by atoms with E-state index < -0.39 is 0 Å². The lowest BCUT2D eigenvalue weighted by molar-refractivity contribution is 0.865. The van der Waals surface area contributed by atoms with Gasteiger partial charge in [0.15, 0.2) is 5.82 Å². The van der Waals surface area contributed by atoms with Crippen LogP contribution in [0.15, 0.2) is 36.5 Å². The van der Waals surface area contributed by atoms with Crippen molar-refractivity contribution < 1.29 is 0 Å². The molecule has 0 unspecified atom stereocenters. The van der Waals surface area contributed by atoms with Crippen molar-refractivity contribution in [1.29, 1.82) is 0 Å². The number of para-hydroxylation sites is 1. The third-order valence-corrected chi connectivity index (χ3v) is 3.23. The molecule has 0 fully saturated rings. The van der Waals surface area contributed by atoms with Gasteiger partial charge >= 0.3 is 0 Å². The van der Waals surface area contributed by atoms with Crippen LogP contribution >= 0.6 is 0 Å². The largest absolute Gasteiger partial charge is 0.382 e. The van der Waals surface area contributed by atoms with Gasteiger partial charge in [-0.3, -0.25) is 4.98 Å². The molecule has 5 heteroatoms. The Morgan fingerprint density at radius 2 is 2.00 bits per heavy atom. The van der Waals surface area contributed by atoms with E-state index in [0.717, 1.165) is 28.7 Å². The van der Waals surface area contributed by atoms with Crippen LogP contribution in [0.2, 0.25) is 0 Å². The van der Waals surface area contributed by atoms with E-state index in [-0.39, 0.29) is 0 Å². The Labute approximate surface area is 110 Å². The van der Waals surface area contributed by atoms with Crippen molar-refractivity contribution >= 4 is 16.7 Å². The second-order valence-corrected chi connectivity index (χ2v) is 4.37. The Bertz CT molecular complexity index is 739. The molecular formula is C14H15N5. The summed E-state index contributed by atoms with van der Waals surface area (Å²) in [6.07, 6.45) is 2.50. The Balaban J connectivity index is 2.30. The van der Waals surface area contributed by atoms with Gasteiger partial charge in [-0.15, -0.1) is 0 Å². The van der Waals surface area contributed by atoms with Crippen LogP contribution in [0.25, 0.3) is 22.2 Å². The number of hydrogen-bond donors (Lipinski definition) is 2. The number of hydrogen-bond acceptors (Lipinski definition) is 4. The van der Waals surface area contributed by atoms with Crippen molar-refractivity contribution in [1.82, 2.24) is 14.6 Å². The molecule has 19 heavy (non-hydrogen) atoms. The molecule has 96 valence electrons. The molecule has 1 aromatic carbocycles. The molecule has 3 rings (SSSR count). The Morgan fingerprint density at radius 3 is 2.74 bits per heavy atom. The van der Waals surface area contributed by atoms with Crippen LogP contribution in [-0.2, 0) is 6.42 Å². The first-order chi connectivity index (χ1) is 9.22. The summed E-state index contributed by atoms with van der Waals surface area (Å²) in [7, 11) is 0. The first-order valence-electron chi connectivity index (χ1n) is 6.18. The van der Waals surface area contributed by atoms with Gasteiger partial charge in [0.1, 0.15) is 11.5 Å². The second-order valence-electron chi connectivity index (χ2n) is 4.37. The number of nitrogens with two attached hydrogens (primary N) is 2. The molecule has 0 atom stereocenters. The number of anilines is 1. The van der Waals surface area contributed by atoms with Gasteiger partial charge in [-0.25, -0.2) is 9.66 Å². The van der Waals surface area contributed by atoms with Gasteiger partial charge in [0.2, 0.25) is 0 Å². The zero-order valence-corrected chi connectivity index (χ0v) is 10.7. The van der Waals surface area contributed by atoms with Gasteiger partial charge in [0.25, 0.3) is 0 Å². The summed E-state index contributed by atoms with van der Waals surface area (Å²) in [5.41, 5.74) is 8.55. The highest BCUT2D eigenvalue weighted by atomic mass is 15.4. The van der Waals surface area contributed by atoms with E-state index in [2.05, 4.69) is 9.97 Å². The monoisotopic (exact) mass is 253 g/mol. The van der Waals surface area contributed by atoms with Crippen LogP contribution in [-0.4, -0.2) is 14.6 Å². The summed E-state index contributed by atoms with van der Waals surface area (Å²) in [4.78, 5) is 8.94. The minimum absolute atomic E-state index is 0.468. The average molecular weight is 253 g/mol. The van der Waals surface area contributed by atoms with E-state index in [1.807, 2.05) is 37.3 Å². The highest BCUT2D eigenvalue weighted by Crippen LogP contribution is 2.30. The van der Waals surface area contributed by atoms with Crippen molar-refractivity contribution in [2.45, 2.75) is 13.3 Å². The number of pyridine rings is 1. The van der Waals surface area contributed by atoms with Crippen LogP contribution < -0.4 is 11.6 Å². The highest BCUT2D eigenvalue weighted by molar-refractivity contribution is 5.94. The van der Waals surface area contributed by atoms with Crippen molar-refractivity contribution in [3.05, 3.63) is 42.4 Å². The predicted octanol–water partition coefficient (Wildman–Crippen LogP) is 1.96. The van der Waals surface area contributed by atoms with Crippen LogP contribution in [0.1, 0.15) is 12.7 Å². The number of aromatic nitrogens is 3. The third-order valence-electron chi connectivity index (χ3n) is 3.23. The van der Waals surface area contributed by atoms with Gasteiger partial charge in [-0.1, -0.05) is 31.2 Å². The fraction of sp³-hybridized carbons (Fsp3) is 0.143. The molecule has 0 saturated heterocycles. The summed E-state index contributed by atoms with van der Waals surface area (Å²) >= 11 is 0. The molecule has 3 aromatic rings. The van der Waals surface area contributed by atoms with Crippen molar-refractivity contribution in [2.24, 2.45) is 0 Å². The summed E-state index contributed by atoms with van der Waals surface area (Å²) in [6.45, 7) is 2.00. The summed E-state index contributed by atoms with van der Waals surface area (Å²) in [6, 6.07) is 9.88. The maximum absolute atomic E-state index is 6.05. The summed E-state index contributed by atoms with van der Waals surface area (Å²) in [5, 5.41) is 1.06. The molecule has 0 aliphatic carbocycles. The van der Waals surface area contributed by atoms with Crippen LogP contribution in [0.4, 0.5) is 5.82 Å². The average Bonchev–Trinajstić information content (AvgIpc) is 2.74. The number of fused-ring (bicyclic) bond motifs is 1. The molecule has 0 radical (unpaired) electrons. The van der Waals surface area contributed by atoms with Crippen molar-refractivity contribution in [3.8, 4) is 11.3 Å². The van der Waals surface area contributed by atoms with E-state index in [1.165, 1.54) is 4.68 Å². The van der Waals surface area contributed by atoms with Crippen molar-refractivity contribution in [3.63, 3.8) is 0 Å². The standard InChI is InChI=1S/C14H15N5/c1-2-11-18-13(14(15)19(11)16)10-7-3-5-9-6-4-8-17-12(9)10/h3-8H,2,15-16H2,1H3. The molecule has 0 aliphatic rings. The van der Waals surface area contributed by atoms with Gasteiger partial charge in [0, 0.05) is 23.6 Å². The Morgan fingerprint density at radius 1 is 1.21 bits per heavy atom. The van der Waals surface area contributed by atoms with Gasteiger partial charge in [0.05, 0.1) is 5.52 Å². The van der Waals surface area contributed by atoms with E-state index in [4.69, 9.17) is 11.6 Å². The molecule has 4 N–H and O–H groups in total. The molecule has 2 aromatic heterocycles. The molecule has 0 bridgehead atoms. The predicted molar refractivity (Wildman–Crippen MR) is 76.9 cm³/mol. The second kappa shape index (κ2) is 4.28. The van der Waals surface area contributed by atoms with Crippen LogP contribution in [0, 0.1) is 0 Å². The zero-order chi connectivity index (χ0) is 13.4. The zero-order valence-electron chi connectivity index (χ0n) is 10.7.